The Morgan fingerprint density at radius 2 is 0.562 bits per heavy atom. The standard InChI is InChI=1S/C16H20/c1-2-6-5(1)9-10(6)14-13(9)15-11-7-3-4-8(7)12(11)16(14)15/h5-16H,1-4H2. The molecule has 7 fully saturated rings. The summed E-state index contributed by atoms with van der Waals surface area (Å²) in [5, 5.41) is 0. The summed E-state index contributed by atoms with van der Waals surface area (Å²) in [5.41, 5.74) is 0. The highest BCUT2D eigenvalue weighted by Crippen LogP contribution is 2.90. The topological polar surface area (TPSA) is 0 Å². The molecule has 0 aromatic carbocycles. The number of hydrogen-bond acceptors (Lipinski definition) is 0. The predicted molar refractivity (Wildman–Crippen MR) is 60.3 cm³/mol. The predicted octanol–water partition coefficient (Wildman–Crippen LogP) is 3.04. The van der Waals surface area contributed by atoms with Gasteiger partial charge in [-0.2, -0.15) is 0 Å². The zero-order chi connectivity index (χ0) is 9.76. The van der Waals surface area contributed by atoms with Crippen LogP contribution in [0.3, 0.4) is 0 Å². The molecule has 0 heteroatoms. The SMILES string of the molecule is C1CC2C1C1C2C2C1C1C3C4CCC4C3C21. The molecule has 0 aromatic heterocycles. The van der Waals surface area contributed by atoms with Crippen molar-refractivity contribution in [1.29, 1.82) is 0 Å². The van der Waals surface area contributed by atoms with Gasteiger partial charge in [-0.15, -0.1) is 0 Å². The fourth-order valence-corrected chi connectivity index (χ4v) is 8.68. The molecule has 84 valence electrons. The van der Waals surface area contributed by atoms with E-state index >= 15 is 0 Å². The van der Waals surface area contributed by atoms with Crippen molar-refractivity contribution in [2.24, 2.45) is 71.0 Å². The molecule has 0 amide bonds. The van der Waals surface area contributed by atoms with Crippen LogP contribution in [-0.2, 0) is 0 Å². The van der Waals surface area contributed by atoms with Crippen LogP contribution in [0.1, 0.15) is 25.7 Å². The van der Waals surface area contributed by atoms with Gasteiger partial charge < -0.3 is 0 Å². The second-order valence-corrected chi connectivity index (χ2v) is 8.43. The Hall–Kier alpha value is 0. The lowest BCUT2D eigenvalue weighted by Gasteiger charge is -2.91. The molecular weight excluding hydrogens is 192 g/mol. The Balaban J connectivity index is 1.27. The quantitative estimate of drug-likeness (QED) is 0.541. The van der Waals surface area contributed by atoms with Crippen LogP contribution >= 0.6 is 0 Å². The van der Waals surface area contributed by atoms with Crippen molar-refractivity contribution in [2.45, 2.75) is 25.7 Å². The van der Waals surface area contributed by atoms with Gasteiger partial charge in [-0.3, -0.25) is 0 Å². The Morgan fingerprint density at radius 3 is 0.750 bits per heavy atom. The Labute approximate surface area is 97.2 Å². The summed E-state index contributed by atoms with van der Waals surface area (Å²) in [7, 11) is 0. The first-order chi connectivity index (χ1) is 7.97. The fourth-order valence-electron chi connectivity index (χ4n) is 8.68. The number of hydrogen-bond donors (Lipinski definition) is 0. The maximum absolute atomic E-state index is 1.63. The van der Waals surface area contributed by atoms with E-state index < -0.39 is 0 Å². The molecule has 7 aliphatic carbocycles. The molecule has 0 aromatic rings. The van der Waals surface area contributed by atoms with Crippen LogP contribution in [0, 0.1) is 71.0 Å². The lowest BCUT2D eigenvalue weighted by molar-refractivity contribution is -0.441. The van der Waals surface area contributed by atoms with Crippen LogP contribution in [0.15, 0.2) is 0 Å². The van der Waals surface area contributed by atoms with Gasteiger partial charge in [-0.25, -0.2) is 0 Å². The molecule has 16 heavy (non-hydrogen) atoms. The van der Waals surface area contributed by atoms with E-state index in [4.69, 9.17) is 0 Å². The second-order valence-electron chi connectivity index (χ2n) is 8.43. The van der Waals surface area contributed by atoms with E-state index in [9.17, 15) is 0 Å². The summed E-state index contributed by atoms with van der Waals surface area (Å²) in [4.78, 5) is 0. The van der Waals surface area contributed by atoms with E-state index in [0.29, 0.717) is 0 Å². The van der Waals surface area contributed by atoms with Crippen molar-refractivity contribution in [3.8, 4) is 0 Å². The van der Waals surface area contributed by atoms with E-state index in [2.05, 4.69) is 0 Å². The monoisotopic (exact) mass is 212 g/mol. The summed E-state index contributed by atoms with van der Waals surface area (Å²) in [5.74, 6) is 15.5. The van der Waals surface area contributed by atoms with E-state index in [-0.39, 0.29) is 0 Å². The van der Waals surface area contributed by atoms with Gasteiger partial charge >= 0.3 is 0 Å². The summed E-state index contributed by atoms with van der Waals surface area (Å²) in [6.45, 7) is 0. The third-order valence-corrected chi connectivity index (χ3v) is 9.19. The van der Waals surface area contributed by atoms with Gasteiger partial charge in [0.15, 0.2) is 0 Å². The van der Waals surface area contributed by atoms with Gasteiger partial charge in [-0.1, -0.05) is 0 Å². The molecule has 0 N–H and O–H groups in total. The Bertz CT molecular complexity index is 338. The van der Waals surface area contributed by atoms with Crippen molar-refractivity contribution < 1.29 is 0 Å². The zero-order valence-electron chi connectivity index (χ0n) is 9.76. The average molecular weight is 212 g/mol. The maximum atomic E-state index is 1.63. The summed E-state index contributed by atoms with van der Waals surface area (Å²) >= 11 is 0. The highest BCUT2D eigenvalue weighted by molar-refractivity contribution is 5.33. The van der Waals surface area contributed by atoms with E-state index in [1.165, 1.54) is 71.0 Å². The minimum Gasteiger partial charge on any atom is -0.0496 e. The molecule has 0 nitrogen and oxygen atoms in total. The highest BCUT2D eigenvalue weighted by atomic mass is 14.9. The van der Waals surface area contributed by atoms with Gasteiger partial charge in [0.2, 0.25) is 0 Å². The van der Waals surface area contributed by atoms with Crippen molar-refractivity contribution in [3.63, 3.8) is 0 Å². The molecule has 7 rings (SSSR count). The van der Waals surface area contributed by atoms with Gasteiger partial charge in [0.1, 0.15) is 0 Å². The first-order valence-corrected chi connectivity index (χ1v) is 7.97. The molecule has 7 saturated carbocycles. The highest BCUT2D eigenvalue weighted by Gasteiger charge is 2.86. The molecule has 0 spiro atoms. The molecule has 8 atom stereocenters. The van der Waals surface area contributed by atoms with Crippen LogP contribution < -0.4 is 0 Å². The Kier molecular flexibility index (Phi) is 0.854. The van der Waals surface area contributed by atoms with Crippen molar-refractivity contribution in [3.05, 3.63) is 0 Å². The van der Waals surface area contributed by atoms with E-state index in [0.717, 1.165) is 0 Å². The van der Waals surface area contributed by atoms with Crippen LogP contribution in [-0.4, -0.2) is 0 Å². The molecule has 7 aliphatic rings. The molecule has 0 saturated heterocycles. The number of fused-ring (bicyclic) bond motifs is 16. The molecular formula is C16H20. The van der Waals surface area contributed by atoms with Gasteiger partial charge in [0.25, 0.3) is 0 Å². The fraction of sp³-hybridized carbons (Fsp3) is 1.00. The smallest absolute Gasteiger partial charge is 0.0312 e. The van der Waals surface area contributed by atoms with Crippen LogP contribution in [0.5, 0.6) is 0 Å². The normalized spacial score (nSPS) is 87.0. The third-order valence-electron chi connectivity index (χ3n) is 9.19. The average Bonchev–Trinajstić information content (AvgIpc) is 2.19. The zero-order valence-corrected chi connectivity index (χ0v) is 9.76. The van der Waals surface area contributed by atoms with Crippen LogP contribution in [0.2, 0.25) is 0 Å². The first-order valence-electron chi connectivity index (χ1n) is 7.97. The van der Waals surface area contributed by atoms with Gasteiger partial charge in [0, 0.05) is 0 Å². The maximum Gasteiger partial charge on any atom is -0.0312 e. The molecule has 0 radical (unpaired) electrons. The first kappa shape index (κ1) is 7.44. The van der Waals surface area contributed by atoms with Crippen molar-refractivity contribution in [1.82, 2.24) is 0 Å². The number of rotatable bonds is 0. The van der Waals surface area contributed by atoms with E-state index in [1.54, 1.807) is 25.7 Å². The minimum atomic E-state index is 1.27. The minimum absolute atomic E-state index is 1.27. The van der Waals surface area contributed by atoms with Gasteiger partial charge in [-0.05, 0) is 96.7 Å². The third kappa shape index (κ3) is 0.432. The summed E-state index contributed by atoms with van der Waals surface area (Å²) in [6.07, 6.45) is 6.53. The van der Waals surface area contributed by atoms with Crippen LogP contribution in [0.4, 0.5) is 0 Å². The largest absolute Gasteiger partial charge is 0.0496 e. The molecule has 0 heterocycles. The van der Waals surface area contributed by atoms with Crippen molar-refractivity contribution in [2.75, 3.05) is 0 Å². The molecule has 0 aliphatic heterocycles. The van der Waals surface area contributed by atoms with E-state index in [1.807, 2.05) is 0 Å². The lowest BCUT2D eigenvalue weighted by atomic mass is 9.13. The summed E-state index contributed by atoms with van der Waals surface area (Å²) in [6, 6.07) is 0. The van der Waals surface area contributed by atoms with Crippen molar-refractivity contribution >= 4 is 0 Å². The lowest BCUT2D eigenvalue weighted by Crippen LogP contribution is -2.87. The Morgan fingerprint density at radius 1 is 0.312 bits per heavy atom. The summed E-state index contributed by atoms with van der Waals surface area (Å²) < 4.78 is 0. The molecule has 8 unspecified atom stereocenters. The van der Waals surface area contributed by atoms with Gasteiger partial charge in [0.05, 0.1) is 0 Å². The molecule has 0 bridgehead atoms. The second kappa shape index (κ2) is 1.84. The van der Waals surface area contributed by atoms with Crippen LogP contribution in [0.25, 0.3) is 0 Å².